The predicted molar refractivity (Wildman–Crippen MR) is 69.8 cm³/mol. The number of aliphatic hydroxyl groups is 1. The van der Waals surface area contributed by atoms with Crippen LogP contribution in [0, 0.1) is 5.92 Å². The first-order valence-electron chi connectivity index (χ1n) is 6.11. The number of benzene rings is 1. The molecule has 0 bridgehead atoms. The van der Waals surface area contributed by atoms with Crippen LogP contribution in [0.25, 0.3) is 0 Å². The lowest BCUT2D eigenvalue weighted by molar-refractivity contribution is 0.100. The molecular formula is C13H19N3O2. The average molecular weight is 249 g/mol. The molecule has 1 aliphatic rings. The molecule has 0 spiro atoms. The van der Waals surface area contributed by atoms with Crippen molar-refractivity contribution in [2.24, 2.45) is 11.7 Å². The second-order valence-electron chi connectivity index (χ2n) is 4.85. The topological polar surface area (TPSA) is 92.6 Å². The summed E-state index contributed by atoms with van der Waals surface area (Å²) in [6.07, 6.45) is 1.02. The highest BCUT2D eigenvalue weighted by molar-refractivity contribution is 5.93. The first kappa shape index (κ1) is 12.9. The van der Waals surface area contributed by atoms with Crippen molar-refractivity contribution in [2.45, 2.75) is 13.0 Å². The highest BCUT2D eigenvalue weighted by atomic mass is 16.3. The maximum Gasteiger partial charge on any atom is 0.248 e. The van der Waals surface area contributed by atoms with Gasteiger partial charge in [0, 0.05) is 30.9 Å². The number of likely N-dealkylation sites (tertiary alicyclic amines) is 1. The highest BCUT2D eigenvalue weighted by Crippen LogP contribution is 2.21. The zero-order valence-corrected chi connectivity index (χ0v) is 10.3. The monoisotopic (exact) mass is 249 g/mol. The number of nitrogens with two attached hydrogens (primary N) is 2. The lowest BCUT2D eigenvalue weighted by atomic mass is 10.1. The molecule has 1 amide bonds. The first-order valence-corrected chi connectivity index (χ1v) is 6.11. The van der Waals surface area contributed by atoms with Crippen molar-refractivity contribution in [3.05, 3.63) is 29.3 Å². The van der Waals surface area contributed by atoms with Crippen LogP contribution in [0.1, 0.15) is 22.3 Å². The lowest BCUT2D eigenvalue weighted by Crippen LogP contribution is -2.22. The first-order chi connectivity index (χ1) is 8.60. The zero-order chi connectivity index (χ0) is 13.1. The molecule has 1 fully saturated rings. The van der Waals surface area contributed by atoms with Crippen LogP contribution in [0.5, 0.6) is 0 Å². The van der Waals surface area contributed by atoms with E-state index in [2.05, 4.69) is 4.90 Å². The van der Waals surface area contributed by atoms with Crippen molar-refractivity contribution < 1.29 is 9.90 Å². The molecule has 1 heterocycles. The van der Waals surface area contributed by atoms with Gasteiger partial charge in [0.05, 0.1) is 0 Å². The summed E-state index contributed by atoms with van der Waals surface area (Å²) in [6.45, 7) is 2.86. The third-order valence-corrected chi connectivity index (χ3v) is 3.45. The number of primary amides is 1. The SMILES string of the molecule is NC(=O)c1ccc(CN2CCC(CO)C2)c(N)c1. The van der Waals surface area contributed by atoms with Crippen LogP contribution in [0.4, 0.5) is 5.69 Å². The van der Waals surface area contributed by atoms with E-state index in [0.717, 1.165) is 31.6 Å². The third-order valence-electron chi connectivity index (χ3n) is 3.45. The summed E-state index contributed by atoms with van der Waals surface area (Å²) in [4.78, 5) is 13.3. The van der Waals surface area contributed by atoms with E-state index in [-0.39, 0.29) is 6.61 Å². The summed E-state index contributed by atoms with van der Waals surface area (Å²) in [5, 5.41) is 9.10. The molecule has 0 saturated carbocycles. The van der Waals surface area contributed by atoms with Crippen LogP contribution in [0.15, 0.2) is 18.2 Å². The number of nitrogens with zero attached hydrogens (tertiary/aromatic N) is 1. The summed E-state index contributed by atoms with van der Waals surface area (Å²) in [5.74, 6) is -0.0918. The van der Waals surface area contributed by atoms with Gasteiger partial charge in [-0.25, -0.2) is 0 Å². The van der Waals surface area contributed by atoms with Gasteiger partial charge in [-0.3, -0.25) is 9.69 Å². The van der Waals surface area contributed by atoms with Crippen LogP contribution < -0.4 is 11.5 Å². The van der Waals surface area contributed by atoms with Gasteiger partial charge < -0.3 is 16.6 Å². The van der Waals surface area contributed by atoms with Crippen molar-refractivity contribution >= 4 is 11.6 Å². The van der Waals surface area contributed by atoms with Gasteiger partial charge in [0.1, 0.15) is 0 Å². The van der Waals surface area contributed by atoms with Crippen LogP contribution in [0.3, 0.4) is 0 Å². The number of hydrogen-bond donors (Lipinski definition) is 3. The summed E-state index contributed by atoms with van der Waals surface area (Å²) in [6, 6.07) is 5.17. The maximum atomic E-state index is 11.0. The number of carbonyl (C=O) groups is 1. The Morgan fingerprint density at radius 1 is 1.50 bits per heavy atom. The Labute approximate surface area is 106 Å². The van der Waals surface area contributed by atoms with Crippen LogP contribution in [0.2, 0.25) is 0 Å². The van der Waals surface area contributed by atoms with Gasteiger partial charge in [-0.05, 0) is 36.6 Å². The summed E-state index contributed by atoms with van der Waals surface area (Å²) in [7, 11) is 0. The number of anilines is 1. The molecule has 1 unspecified atom stereocenters. The third kappa shape index (κ3) is 2.80. The summed E-state index contributed by atoms with van der Waals surface area (Å²) >= 11 is 0. The highest BCUT2D eigenvalue weighted by Gasteiger charge is 2.22. The lowest BCUT2D eigenvalue weighted by Gasteiger charge is -2.17. The van der Waals surface area contributed by atoms with E-state index in [1.807, 2.05) is 6.07 Å². The molecule has 5 nitrogen and oxygen atoms in total. The van der Waals surface area contributed by atoms with E-state index < -0.39 is 5.91 Å². The predicted octanol–water partition coefficient (Wildman–Crippen LogP) is 0.182. The second kappa shape index (κ2) is 5.37. The zero-order valence-electron chi connectivity index (χ0n) is 10.3. The Morgan fingerprint density at radius 2 is 2.28 bits per heavy atom. The molecule has 2 rings (SSSR count). The number of rotatable bonds is 4. The number of amides is 1. The average Bonchev–Trinajstić information content (AvgIpc) is 2.79. The van der Waals surface area contributed by atoms with Gasteiger partial charge in [0.2, 0.25) is 5.91 Å². The number of aliphatic hydroxyl groups excluding tert-OH is 1. The number of carbonyl (C=O) groups excluding carboxylic acids is 1. The fourth-order valence-electron chi connectivity index (χ4n) is 2.34. The molecule has 1 atom stereocenters. The molecule has 0 aliphatic carbocycles. The van der Waals surface area contributed by atoms with E-state index in [9.17, 15) is 4.79 Å². The Kier molecular flexibility index (Phi) is 3.84. The van der Waals surface area contributed by atoms with Gasteiger partial charge >= 0.3 is 0 Å². The number of hydrogen-bond acceptors (Lipinski definition) is 4. The van der Waals surface area contributed by atoms with Crippen molar-refractivity contribution in [3.8, 4) is 0 Å². The van der Waals surface area contributed by atoms with Gasteiger partial charge in [-0.2, -0.15) is 0 Å². The summed E-state index contributed by atoms with van der Waals surface area (Å²) < 4.78 is 0. The molecule has 1 aromatic rings. The van der Waals surface area contributed by atoms with E-state index in [1.54, 1.807) is 12.1 Å². The van der Waals surface area contributed by atoms with E-state index in [1.165, 1.54) is 0 Å². The molecule has 0 radical (unpaired) electrons. The van der Waals surface area contributed by atoms with Gasteiger partial charge in [0.15, 0.2) is 0 Å². The van der Waals surface area contributed by atoms with E-state index in [0.29, 0.717) is 17.2 Å². The van der Waals surface area contributed by atoms with Crippen molar-refractivity contribution in [1.29, 1.82) is 0 Å². The van der Waals surface area contributed by atoms with Gasteiger partial charge in [0.25, 0.3) is 0 Å². The minimum absolute atomic E-state index is 0.243. The Hall–Kier alpha value is -1.59. The van der Waals surface area contributed by atoms with Crippen LogP contribution >= 0.6 is 0 Å². The molecule has 98 valence electrons. The molecule has 5 heteroatoms. The van der Waals surface area contributed by atoms with Crippen molar-refractivity contribution in [2.75, 3.05) is 25.4 Å². The minimum Gasteiger partial charge on any atom is -0.398 e. The second-order valence-corrected chi connectivity index (χ2v) is 4.85. The maximum absolute atomic E-state index is 11.0. The molecule has 0 aromatic heterocycles. The standard InChI is InChI=1S/C13H19N3O2/c14-12-5-10(13(15)18)1-2-11(12)7-16-4-3-9(6-16)8-17/h1-2,5,9,17H,3-4,6-8,14H2,(H2,15,18). The largest absolute Gasteiger partial charge is 0.398 e. The molecule has 18 heavy (non-hydrogen) atoms. The quantitative estimate of drug-likeness (QED) is 0.664. The normalized spacial score (nSPS) is 20.2. The van der Waals surface area contributed by atoms with E-state index >= 15 is 0 Å². The molecule has 1 saturated heterocycles. The molecule has 5 N–H and O–H groups in total. The van der Waals surface area contributed by atoms with Crippen LogP contribution in [-0.2, 0) is 6.54 Å². The fraction of sp³-hybridized carbons (Fsp3) is 0.462. The Bertz CT molecular complexity index is 448. The minimum atomic E-state index is -0.463. The molecule has 1 aromatic carbocycles. The summed E-state index contributed by atoms with van der Waals surface area (Å²) in [5.41, 5.74) is 13.2. The van der Waals surface area contributed by atoms with Gasteiger partial charge in [-0.15, -0.1) is 0 Å². The molecular weight excluding hydrogens is 230 g/mol. The van der Waals surface area contributed by atoms with Crippen LogP contribution in [-0.4, -0.2) is 35.6 Å². The van der Waals surface area contributed by atoms with Gasteiger partial charge in [-0.1, -0.05) is 6.07 Å². The molecule has 1 aliphatic heterocycles. The number of nitrogen functional groups attached to an aromatic ring is 1. The van der Waals surface area contributed by atoms with Crippen molar-refractivity contribution in [1.82, 2.24) is 4.90 Å². The smallest absolute Gasteiger partial charge is 0.248 e. The Balaban J connectivity index is 2.04. The Morgan fingerprint density at radius 3 is 2.83 bits per heavy atom. The van der Waals surface area contributed by atoms with Crippen molar-refractivity contribution in [3.63, 3.8) is 0 Å². The van der Waals surface area contributed by atoms with E-state index in [4.69, 9.17) is 16.6 Å². The fourth-order valence-corrected chi connectivity index (χ4v) is 2.34.